The Morgan fingerprint density at radius 3 is 1.04 bits per heavy atom. The molecule has 13 rings (SSSR count). The van der Waals surface area contributed by atoms with Crippen LogP contribution in [0.5, 0.6) is 0 Å². The van der Waals surface area contributed by atoms with Gasteiger partial charge in [0.05, 0.1) is 24.4 Å². The quantitative estimate of drug-likeness (QED) is 0.0174. The van der Waals surface area contributed by atoms with Crippen molar-refractivity contribution >= 4 is 107 Å². The van der Waals surface area contributed by atoms with Crippen LogP contribution in [0.2, 0.25) is 0 Å². The maximum atomic E-state index is 14.4. The van der Waals surface area contributed by atoms with Crippen LogP contribution in [0.4, 0.5) is 14.4 Å². The molecule has 0 spiro atoms. The lowest BCUT2D eigenvalue weighted by Crippen LogP contribution is -2.62. The summed E-state index contributed by atoms with van der Waals surface area (Å²) in [6.45, 7) is 38.4. The standard InChI is InChI=1S/C37H53N5O7.C34H55N5O7.C32H47N5O8/c1-36(2,3)30(41-35(48)40-27(23-14-10-7-11-15-23)34(47)49-20-22-12-8-6-9-13-22)33(46)42-19-24-26(37(24,4)5)28(42)32(45)39-25(18-21-16-17-21)29(43)31(38)44;1-32(2,3)26(38-31(45)37-23(19-14-9-10-15-19)30(44)46-33(4,5)6)29(43)39-17-20-22(34(20,7)8)24(39)28(42)36-21(25(40)27(35)41)16-18-12-11-13-18;1-16(2)22(29(42)45-15-18-9-8-12-44-18)35-30(43)36-25(31(3,4)5)28(41)37-14-19-21(32(19,6)7)23(37)27(40)34-20(13-17-10-11-17)24(38)26(33)39/h6,8-9,12-13,21,23-28,30H,7,10-11,14-20H2,1-5H3,(H2,38,44)(H,39,45)(H2,40,41,48);18-24,26H,9-17H2,1-8H3,(H2,35,41)(H,36,42)(H2,37,38,45);8-9,12,16-17,19-23,25H,10-11,13-15H2,1-7H3,(H2,33,39)(H,34,40)(H2,35,36,43)/t24-,25?,26-,27-,28-,30+;20-,21?,22-,23-,24-,26+;19-,20?,21-,22-,23-,25+/m000/s1. The van der Waals surface area contributed by atoms with Gasteiger partial charge in [0.2, 0.25) is 52.8 Å². The Morgan fingerprint density at radius 1 is 0.393 bits per heavy atom. The number of benzene rings is 1. The molecule has 4 heterocycles. The summed E-state index contributed by atoms with van der Waals surface area (Å²) in [4.78, 5) is 242. The molecule has 8 saturated carbocycles. The maximum absolute atomic E-state index is 14.4. The van der Waals surface area contributed by atoms with E-state index in [1.807, 2.05) is 85.7 Å². The van der Waals surface area contributed by atoms with E-state index in [9.17, 15) is 86.3 Å². The van der Waals surface area contributed by atoms with Crippen LogP contribution in [-0.4, -0.2) is 219 Å². The minimum atomic E-state index is -1.11. The Morgan fingerprint density at radius 2 is 0.729 bits per heavy atom. The zero-order chi connectivity index (χ0) is 103. The lowest BCUT2D eigenvalue weighted by Gasteiger charge is -2.38. The van der Waals surface area contributed by atoms with E-state index in [1.165, 1.54) is 21.0 Å². The molecule has 1 aromatic heterocycles. The van der Waals surface area contributed by atoms with Gasteiger partial charge in [0.15, 0.2) is 0 Å². The molecule has 8 aliphatic carbocycles. The molecule has 3 aliphatic heterocycles. The Kier molecular flexibility index (Phi) is 34.2. The molecule has 0 radical (unpaired) electrons. The van der Waals surface area contributed by atoms with Crippen LogP contribution in [0, 0.1) is 104 Å². The average molecular weight is 1960 g/mol. The molecular formula is C103H155N15O22. The molecule has 3 unspecified atom stereocenters. The monoisotopic (exact) mass is 1950 g/mol. The number of likely N-dealkylation sites (tertiary alicyclic amines) is 3. The molecule has 140 heavy (non-hydrogen) atoms. The third-order valence-electron chi connectivity index (χ3n) is 31.2. The number of furan rings is 1. The first-order valence-electron chi connectivity index (χ1n) is 50.4. The number of ketones is 3. The predicted octanol–water partition coefficient (Wildman–Crippen LogP) is 7.91. The Hall–Kier alpha value is -11.0. The van der Waals surface area contributed by atoms with Crippen molar-refractivity contribution < 1.29 is 105 Å². The molecule has 0 bridgehead atoms. The van der Waals surface area contributed by atoms with Crippen LogP contribution < -0.4 is 65.1 Å². The normalized spacial score (nSPS) is 24.9. The highest BCUT2D eigenvalue weighted by Crippen LogP contribution is 2.67. The number of esters is 3. The number of rotatable bonds is 37. The number of urea groups is 3. The molecule has 11 aliphatic rings. The number of ether oxygens (including phenoxy) is 3. The number of hydrogen-bond acceptors (Lipinski definition) is 22. The number of primary amides is 3. The van der Waals surface area contributed by atoms with Crippen LogP contribution in [-0.2, 0) is 99.3 Å². The third kappa shape index (κ3) is 26.8. The van der Waals surface area contributed by atoms with Crippen molar-refractivity contribution in [2.24, 2.45) is 121 Å². The Labute approximate surface area is 822 Å². The van der Waals surface area contributed by atoms with E-state index in [-0.39, 0.29) is 100 Å². The second-order valence-electron chi connectivity index (χ2n) is 47.6. The Balaban J connectivity index is 0.000000201. The van der Waals surface area contributed by atoms with Gasteiger partial charge >= 0.3 is 36.0 Å². The van der Waals surface area contributed by atoms with Gasteiger partial charge in [-0.3, -0.25) is 57.5 Å². The molecule has 2 aromatic rings. The van der Waals surface area contributed by atoms with Crippen LogP contribution in [0.3, 0.4) is 0 Å². The summed E-state index contributed by atoms with van der Waals surface area (Å²) in [6.07, 6.45) is 17.0. The van der Waals surface area contributed by atoms with Gasteiger partial charge in [0, 0.05) is 19.6 Å². The van der Waals surface area contributed by atoms with Crippen molar-refractivity contribution in [1.29, 1.82) is 0 Å². The van der Waals surface area contributed by atoms with E-state index in [0.29, 0.717) is 44.7 Å². The number of nitrogens with one attached hydrogen (secondary N) is 9. The van der Waals surface area contributed by atoms with E-state index in [2.05, 4.69) is 75.5 Å². The number of amides is 15. The first-order chi connectivity index (χ1) is 65.2. The summed E-state index contributed by atoms with van der Waals surface area (Å²) in [7, 11) is 0. The van der Waals surface area contributed by atoms with Crippen molar-refractivity contribution in [3.8, 4) is 0 Å². The van der Waals surface area contributed by atoms with E-state index >= 15 is 0 Å². The van der Waals surface area contributed by atoms with Gasteiger partial charge in [0.25, 0.3) is 17.7 Å². The second-order valence-corrected chi connectivity index (χ2v) is 47.6. The number of carbonyl (C=O) groups is 18. The summed E-state index contributed by atoms with van der Waals surface area (Å²) < 4.78 is 21.8. The zero-order valence-corrected chi connectivity index (χ0v) is 85.5. The molecule has 37 nitrogen and oxygen atoms in total. The lowest BCUT2D eigenvalue weighted by atomic mass is 9.80. The topological polar surface area (TPSA) is 544 Å². The van der Waals surface area contributed by atoms with Crippen molar-refractivity contribution in [2.75, 3.05) is 19.6 Å². The fraction of sp³-hybridized carbons (Fsp3) is 0.728. The summed E-state index contributed by atoms with van der Waals surface area (Å²) in [6, 6.07) is -1.04. The molecule has 15 N–H and O–H groups in total. The highest BCUT2D eigenvalue weighted by Gasteiger charge is 2.73. The molecule has 11 fully saturated rings. The molecule has 774 valence electrons. The largest absolute Gasteiger partial charge is 0.466 e. The van der Waals surface area contributed by atoms with E-state index in [4.69, 9.17) is 35.8 Å². The number of nitrogens with zero attached hydrogens (tertiary/aromatic N) is 3. The smallest absolute Gasteiger partial charge is 0.329 e. The van der Waals surface area contributed by atoms with Crippen molar-refractivity contribution in [2.45, 2.75) is 352 Å². The maximum Gasteiger partial charge on any atom is 0.329 e. The number of piperidine rings is 3. The summed E-state index contributed by atoms with van der Waals surface area (Å²) >= 11 is 0. The van der Waals surface area contributed by atoms with Gasteiger partial charge in [-0.2, -0.15) is 0 Å². The van der Waals surface area contributed by atoms with Gasteiger partial charge in [-0.1, -0.05) is 225 Å². The molecule has 3 saturated heterocycles. The van der Waals surface area contributed by atoms with Gasteiger partial charge < -0.3 is 98.4 Å². The minimum Gasteiger partial charge on any atom is -0.466 e. The van der Waals surface area contributed by atoms with Crippen molar-refractivity contribution in [3.05, 3.63) is 60.1 Å². The molecular weight excluding hydrogens is 1800 g/mol. The molecule has 37 heteroatoms. The molecule has 15 amide bonds. The van der Waals surface area contributed by atoms with E-state index in [0.717, 1.165) is 108 Å². The fourth-order valence-corrected chi connectivity index (χ4v) is 22.0. The van der Waals surface area contributed by atoms with Crippen LogP contribution >= 0.6 is 0 Å². The average Bonchev–Trinajstić information content (AvgIpc) is 1.53. The number of Topliss-reactive ketones (excluding diaryl/α,β-unsaturated/α-hetero) is 3. The highest BCUT2D eigenvalue weighted by molar-refractivity contribution is 6.39. The number of nitrogens with two attached hydrogens (primary N) is 3. The van der Waals surface area contributed by atoms with Gasteiger partial charge in [-0.05, 0) is 187 Å². The van der Waals surface area contributed by atoms with Crippen LogP contribution in [0.15, 0.2) is 53.1 Å². The predicted molar refractivity (Wildman–Crippen MR) is 514 cm³/mol. The lowest BCUT2D eigenvalue weighted by molar-refractivity contribution is -0.159. The number of carbonyl (C=O) groups excluding carboxylic acids is 18. The number of hydrogen-bond donors (Lipinski definition) is 12. The summed E-state index contributed by atoms with van der Waals surface area (Å²) in [5.74, 6) is -9.94. The van der Waals surface area contributed by atoms with Crippen LogP contribution in [0.25, 0.3) is 0 Å². The van der Waals surface area contributed by atoms with Crippen molar-refractivity contribution in [3.63, 3.8) is 0 Å². The first-order valence-corrected chi connectivity index (χ1v) is 50.4. The zero-order valence-electron chi connectivity index (χ0n) is 85.5. The van der Waals surface area contributed by atoms with Gasteiger partial charge in [0.1, 0.15) is 79.0 Å². The summed E-state index contributed by atoms with van der Waals surface area (Å²) in [5, 5.41) is 25.1. The van der Waals surface area contributed by atoms with Gasteiger partial charge in [-0.15, -0.1) is 0 Å². The van der Waals surface area contributed by atoms with Crippen molar-refractivity contribution in [1.82, 2.24) is 62.6 Å². The highest BCUT2D eigenvalue weighted by atomic mass is 16.6. The summed E-state index contributed by atoms with van der Waals surface area (Å²) in [5.41, 5.74) is 13.1. The van der Waals surface area contributed by atoms with Crippen LogP contribution in [0.1, 0.15) is 272 Å². The molecule has 18 atom stereocenters. The second kappa shape index (κ2) is 43.8. The SMILES string of the molecule is CC(C)(C)OC(=O)[C@@H](NC(=O)N[C@H](C(=O)N1C[C@H]2[C@@H]([C@H]1C(=O)NC(CC1CCC1)C(=O)C(N)=O)C2(C)C)C(C)(C)C)C1CCCC1.CC(C)(C)[C@H](NC(=O)N[C@H](C(=O)OCc1ccccc1)C1CCCCC1)C(=O)N1C[C@H]2[C@@H]([C@H]1C(=O)NC(CC1CC1)C(=O)C(N)=O)C2(C)C.CC(C)[C@H](NC(=O)N[C@H](C(=O)N1C[C@H]2[C@@H]([C@H]1C(=O)NC(CC1CC1)C(=O)C(N)=O)C2(C)C)C(C)(C)C)C(=O)OCc1ccco1. The van der Waals surface area contributed by atoms with E-state index in [1.54, 1.807) is 67.5 Å². The first kappa shape index (κ1) is 109. The van der Waals surface area contributed by atoms with E-state index < -0.39 is 201 Å². The number of fused-ring (bicyclic) bond motifs is 3. The Bertz CT molecular complexity index is 4920. The fourth-order valence-electron chi connectivity index (χ4n) is 22.0. The minimum absolute atomic E-state index is 0.0506. The van der Waals surface area contributed by atoms with Gasteiger partial charge in [-0.25, -0.2) is 28.8 Å². The third-order valence-corrected chi connectivity index (χ3v) is 31.2. The molecule has 1 aromatic carbocycles.